The Kier molecular flexibility index (Phi) is 3.76. The first kappa shape index (κ1) is 12.5. The lowest BCUT2D eigenvalue weighted by Crippen LogP contribution is -2.38. The molecule has 1 aromatic rings. The number of amides is 1. The Morgan fingerprint density at radius 1 is 1.41 bits per heavy atom. The first-order valence-electron chi connectivity index (χ1n) is 5.84. The van der Waals surface area contributed by atoms with Crippen molar-refractivity contribution in [3.63, 3.8) is 0 Å². The van der Waals surface area contributed by atoms with Gasteiger partial charge in [-0.25, -0.2) is 0 Å². The highest BCUT2D eigenvalue weighted by atomic mass is 79.9. The summed E-state index contributed by atoms with van der Waals surface area (Å²) < 4.78 is 0. The Morgan fingerprint density at radius 2 is 2.18 bits per heavy atom. The molecule has 0 aromatic carbocycles. The number of alkyl halides is 1. The second-order valence-corrected chi connectivity index (χ2v) is 5.69. The fraction of sp³-hybridized carbons (Fsp3) is 0.583. The molecule has 2 unspecified atom stereocenters. The van der Waals surface area contributed by atoms with E-state index in [0.717, 1.165) is 25.0 Å². The van der Waals surface area contributed by atoms with Gasteiger partial charge in [-0.2, -0.15) is 10.2 Å². The van der Waals surface area contributed by atoms with Gasteiger partial charge in [0, 0.05) is 10.9 Å². The molecule has 1 aliphatic rings. The molecule has 5 heteroatoms. The smallest absolute Gasteiger partial charge is 0.253 e. The highest BCUT2D eigenvalue weighted by Crippen LogP contribution is 2.25. The van der Waals surface area contributed by atoms with E-state index in [2.05, 4.69) is 31.4 Å². The third-order valence-corrected chi connectivity index (χ3v) is 4.19. The summed E-state index contributed by atoms with van der Waals surface area (Å²) in [5.41, 5.74) is 2.07. The number of carbonyl (C=O) groups excluding carboxylic acids is 1. The van der Waals surface area contributed by atoms with Crippen LogP contribution in [0.2, 0.25) is 0 Å². The molecule has 2 rings (SSSR count). The number of hydrogen-bond donors (Lipinski definition) is 1. The van der Waals surface area contributed by atoms with Crippen molar-refractivity contribution in [3.05, 3.63) is 23.0 Å². The Labute approximate surface area is 109 Å². The monoisotopic (exact) mass is 297 g/mol. The molecule has 1 N–H and O–H groups in total. The molecule has 1 aliphatic carbocycles. The quantitative estimate of drug-likeness (QED) is 0.851. The molecule has 92 valence electrons. The minimum atomic E-state index is -0.0446. The van der Waals surface area contributed by atoms with Gasteiger partial charge in [0.05, 0.1) is 17.0 Å². The van der Waals surface area contributed by atoms with Crippen LogP contribution in [0.15, 0.2) is 6.07 Å². The van der Waals surface area contributed by atoms with E-state index < -0.39 is 0 Å². The minimum Gasteiger partial charge on any atom is -0.348 e. The van der Waals surface area contributed by atoms with Crippen LogP contribution in [0.5, 0.6) is 0 Å². The number of rotatable bonds is 2. The maximum Gasteiger partial charge on any atom is 0.253 e. The van der Waals surface area contributed by atoms with Gasteiger partial charge in [0.2, 0.25) is 0 Å². The van der Waals surface area contributed by atoms with E-state index in [1.165, 1.54) is 0 Å². The standard InChI is InChI=1S/C12H16BrN3O/c1-7-6-9(8(2)16-15-7)12(17)14-11-5-3-4-10(11)13/h6,10-11H,3-5H2,1-2H3,(H,14,17). The summed E-state index contributed by atoms with van der Waals surface area (Å²) in [7, 11) is 0. The van der Waals surface area contributed by atoms with Crippen LogP contribution in [0, 0.1) is 13.8 Å². The molecule has 0 spiro atoms. The van der Waals surface area contributed by atoms with Crippen molar-refractivity contribution in [2.24, 2.45) is 0 Å². The molecule has 1 saturated carbocycles. The van der Waals surface area contributed by atoms with E-state index >= 15 is 0 Å². The summed E-state index contributed by atoms with van der Waals surface area (Å²) in [6.07, 6.45) is 3.32. The van der Waals surface area contributed by atoms with E-state index in [9.17, 15) is 4.79 Å². The fourth-order valence-electron chi connectivity index (χ4n) is 2.10. The zero-order valence-electron chi connectivity index (χ0n) is 10.0. The number of aryl methyl sites for hydroxylation is 2. The molecule has 17 heavy (non-hydrogen) atoms. The molecule has 0 bridgehead atoms. The van der Waals surface area contributed by atoms with Crippen LogP contribution in [0.3, 0.4) is 0 Å². The van der Waals surface area contributed by atoms with E-state index in [-0.39, 0.29) is 11.9 Å². The van der Waals surface area contributed by atoms with Gasteiger partial charge in [0.15, 0.2) is 0 Å². The van der Waals surface area contributed by atoms with Gasteiger partial charge in [-0.15, -0.1) is 0 Å². The highest BCUT2D eigenvalue weighted by Gasteiger charge is 2.27. The minimum absolute atomic E-state index is 0.0446. The van der Waals surface area contributed by atoms with Crippen molar-refractivity contribution in [2.45, 2.75) is 44.0 Å². The van der Waals surface area contributed by atoms with Gasteiger partial charge >= 0.3 is 0 Å². The van der Waals surface area contributed by atoms with Crippen molar-refractivity contribution in [3.8, 4) is 0 Å². The summed E-state index contributed by atoms with van der Waals surface area (Å²) in [6, 6.07) is 2.02. The molecule has 1 fully saturated rings. The molecule has 0 aliphatic heterocycles. The molecule has 2 atom stereocenters. The van der Waals surface area contributed by atoms with E-state index in [1.807, 2.05) is 13.8 Å². The number of halogens is 1. The molecule has 1 aromatic heterocycles. The van der Waals surface area contributed by atoms with Gasteiger partial charge < -0.3 is 5.32 Å². The lowest BCUT2D eigenvalue weighted by Gasteiger charge is -2.16. The van der Waals surface area contributed by atoms with Crippen LogP contribution in [-0.4, -0.2) is 27.0 Å². The average Bonchev–Trinajstić information content (AvgIpc) is 2.68. The summed E-state index contributed by atoms with van der Waals surface area (Å²) >= 11 is 3.60. The summed E-state index contributed by atoms with van der Waals surface area (Å²) in [5.74, 6) is -0.0446. The number of hydrogen-bond acceptors (Lipinski definition) is 3. The van der Waals surface area contributed by atoms with E-state index in [1.54, 1.807) is 6.07 Å². The average molecular weight is 298 g/mol. The van der Waals surface area contributed by atoms with E-state index in [0.29, 0.717) is 16.1 Å². The second-order valence-electron chi connectivity index (χ2n) is 4.51. The lowest BCUT2D eigenvalue weighted by atomic mass is 10.1. The lowest BCUT2D eigenvalue weighted by molar-refractivity contribution is 0.0937. The molecule has 1 heterocycles. The maximum absolute atomic E-state index is 12.1. The number of nitrogens with one attached hydrogen (secondary N) is 1. The first-order chi connectivity index (χ1) is 8.08. The molecule has 0 saturated heterocycles. The van der Waals surface area contributed by atoms with Crippen molar-refractivity contribution in [1.29, 1.82) is 0 Å². The molecule has 0 radical (unpaired) electrons. The Balaban J connectivity index is 2.11. The second kappa shape index (κ2) is 5.12. The van der Waals surface area contributed by atoms with Crippen LogP contribution in [0.1, 0.15) is 41.0 Å². The van der Waals surface area contributed by atoms with Crippen LogP contribution in [0.4, 0.5) is 0 Å². The fourth-order valence-corrected chi connectivity index (χ4v) is 2.82. The van der Waals surface area contributed by atoms with Gasteiger partial charge in [0.25, 0.3) is 5.91 Å². The van der Waals surface area contributed by atoms with Crippen LogP contribution in [0.25, 0.3) is 0 Å². The predicted octanol–water partition coefficient (Wildman–Crippen LogP) is 2.14. The van der Waals surface area contributed by atoms with Crippen LogP contribution in [-0.2, 0) is 0 Å². The third-order valence-electron chi connectivity index (χ3n) is 3.09. The Bertz CT molecular complexity index is 436. The highest BCUT2D eigenvalue weighted by molar-refractivity contribution is 9.09. The van der Waals surface area contributed by atoms with Crippen molar-refractivity contribution in [1.82, 2.24) is 15.5 Å². The van der Waals surface area contributed by atoms with Gasteiger partial charge in [-0.3, -0.25) is 4.79 Å². The number of aromatic nitrogens is 2. The van der Waals surface area contributed by atoms with Gasteiger partial charge in [-0.05, 0) is 32.8 Å². The van der Waals surface area contributed by atoms with Gasteiger partial charge in [-0.1, -0.05) is 22.4 Å². The van der Waals surface area contributed by atoms with Crippen molar-refractivity contribution in [2.75, 3.05) is 0 Å². The normalized spacial score (nSPS) is 23.7. The third kappa shape index (κ3) is 2.83. The molecular formula is C12H16BrN3O. The maximum atomic E-state index is 12.1. The Hall–Kier alpha value is -0.970. The summed E-state index contributed by atoms with van der Waals surface area (Å²) in [5, 5.41) is 11.0. The van der Waals surface area contributed by atoms with Gasteiger partial charge in [0.1, 0.15) is 0 Å². The zero-order chi connectivity index (χ0) is 12.4. The largest absolute Gasteiger partial charge is 0.348 e. The summed E-state index contributed by atoms with van der Waals surface area (Å²) in [4.78, 5) is 12.5. The predicted molar refractivity (Wildman–Crippen MR) is 69.3 cm³/mol. The van der Waals surface area contributed by atoms with Crippen molar-refractivity contribution < 1.29 is 4.79 Å². The number of nitrogens with zero attached hydrogens (tertiary/aromatic N) is 2. The topological polar surface area (TPSA) is 54.9 Å². The zero-order valence-corrected chi connectivity index (χ0v) is 11.6. The number of carbonyl (C=O) groups is 1. The molecule has 4 nitrogen and oxygen atoms in total. The van der Waals surface area contributed by atoms with Crippen LogP contribution < -0.4 is 5.32 Å². The molecular weight excluding hydrogens is 282 g/mol. The van der Waals surface area contributed by atoms with Crippen LogP contribution >= 0.6 is 15.9 Å². The first-order valence-corrected chi connectivity index (χ1v) is 6.75. The summed E-state index contributed by atoms with van der Waals surface area (Å²) in [6.45, 7) is 3.65. The SMILES string of the molecule is Cc1cc(C(=O)NC2CCCC2Br)c(C)nn1. The molecule has 1 amide bonds. The van der Waals surface area contributed by atoms with Crippen molar-refractivity contribution >= 4 is 21.8 Å². The van der Waals surface area contributed by atoms with E-state index in [4.69, 9.17) is 0 Å². The Morgan fingerprint density at radius 3 is 2.82 bits per heavy atom.